The van der Waals surface area contributed by atoms with E-state index < -0.39 is 0 Å². The fourth-order valence-electron chi connectivity index (χ4n) is 2.19. The number of nitrogens with zero attached hydrogens (tertiary/aromatic N) is 2. The van der Waals surface area contributed by atoms with Crippen molar-refractivity contribution in [2.24, 2.45) is 0 Å². The number of aromatic nitrogens is 2. The van der Waals surface area contributed by atoms with Crippen LogP contribution in [0.3, 0.4) is 0 Å². The molecule has 2 aromatic heterocycles. The van der Waals surface area contributed by atoms with Crippen molar-refractivity contribution in [3.63, 3.8) is 0 Å². The molecule has 2 N–H and O–H groups in total. The Morgan fingerprint density at radius 2 is 2.05 bits per heavy atom. The first-order valence-corrected chi connectivity index (χ1v) is 6.97. The van der Waals surface area contributed by atoms with Gasteiger partial charge in [0.1, 0.15) is 22.9 Å². The molecule has 0 atom stereocenters. The molecule has 0 amide bonds. The summed E-state index contributed by atoms with van der Waals surface area (Å²) in [7, 11) is 1.64. The van der Waals surface area contributed by atoms with Crippen LogP contribution < -0.4 is 10.5 Å². The molecular weight excluding hydrogens is 318 g/mol. The zero-order valence-corrected chi connectivity index (χ0v) is 12.8. The van der Waals surface area contributed by atoms with E-state index in [9.17, 15) is 0 Å². The first-order chi connectivity index (χ1) is 9.60. The Labute approximate surface area is 125 Å². The maximum atomic E-state index is 6.20. The first-order valence-electron chi connectivity index (χ1n) is 6.18. The predicted molar refractivity (Wildman–Crippen MR) is 84.0 cm³/mol. The fraction of sp³-hybridized carbons (Fsp3) is 0.133. The summed E-state index contributed by atoms with van der Waals surface area (Å²) in [6, 6.07) is 9.84. The molecule has 3 rings (SSSR count). The van der Waals surface area contributed by atoms with E-state index in [1.807, 2.05) is 47.9 Å². The third-order valence-electron chi connectivity index (χ3n) is 3.24. The molecule has 1 aromatic carbocycles. The lowest BCUT2D eigenvalue weighted by atomic mass is 10.1. The molecule has 20 heavy (non-hydrogen) atoms. The summed E-state index contributed by atoms with van der Waals surface area (Å²) >= 11 is 3.48. The molecule has 102 valence electrons. The summed E-state index contributed by atoms with van der Waals surface area (Å²) in [5, 5.41) is 0. The fourth-order valence-corrected chi connectivity index (χ4v) is 2.73. The standard InChI is InChI=1S/C15H14BrN3O/c1-9-5-6-19-13(7-9)18-14(15(19)17)10-3-4-12(20-2)11(16)8-10/h3-8H,17H2,1-2H3. The number of benzene rings is 1. The van der Waals surface area contributed by atoms with Gasteiger partial charge in [0.05, 0.1) is 11.6 Å². The summed E-state index contributed by atoms with van der Waals surface area (Å²) in [4.78, 5) is 4.62. The lowest BCUT2D eigenvalue weighted by Gasteiger charge is -2.05. The van der Waals surface area contributed by atoms with Gasteiger partial charge in [0, 0.05) is 11.8 Å². The maximum absolute atomic E-state index is 6.20. The molecule has 0 aliphatic heterocycles. The molecular formula is C15H14BrN3O. The zero-order chi connectivity index (χ0) is 14.3. The van der Waals surface area contributed by atoms with E-state index in [4.69, 9.17) is 10.5 Å². The number of nitrogen functional groups attached to an aromatic ring is 1. The maximum Gasteiger partial charge on any atom is 0.139 e. The monoisotopic (exact) mass is 331 g/mol. The molecule has 0 spiro atoms. The van der Waals surface area contributed by atoms with Crippen LogP contribution in [0.2, 0.25) is 0 Å². The zero-order valence-electron chi connectivity index (χ0n) is 11.2. The topological polar surface area (TPSA) is 52.5 Å². The average molecular weight is 332 g/mol. The van der Waals surface area contributed by atoms with E-state index >= 15 is 0 Å². The molecule has 0 radical (unpaired) electrons. The van der Waals surface area contributed by atoms with E-state index in [2.05, 4.69) is 20.9 Å². The number of rotatable bonds is 2. The van der Waals surface area contributed by atoms with Crippen LogP contribution in [0.1, 0.15) is 5.56 Å². The number of imidazole rings is 1. The van der Waals surface area contributed by atoms with Crippen LogP contribution in [-0.4, -0.2) is 16.5 Å². The largest absolute Gasteiger partial charge is 0.496 e. The molecule has 0 aliphatic rings. The quantitative estimate of drug-likeness (QED) is 0.779. The van der Waals surface area contributed by atoms with Gasteiger partial charge in [-0.15, -0.1) is 0 Å². The van der Waals surface area contributed by atoms with Crippen LogP contribution in [0.5, 0.6) is 5.75 Å². The smallest absolute Gasteiger partial charge is 0.139 e. The second-order valence-electron chi connectivity index (χ2n) is 4.63. The Morgan fingerprint density at radius 1 is 1.25 bits per heavy atom. The van der Waals surface area contributed by atoms with Crippen molar-refractivity contribution in [1.29, 1.82) is 0 Å². The third-order valence-corrected chi connectivity index (χ3v) is 3.86. The number of nitrogens with two attached hydrogens (primary N) is 1. The molecule has 5 heteroatoms. The van der Waals surface area contributed by atoms with Crippen molar-refractivity contribution in [3.05, 3.63) is 46.6 Å². The molecule has 0 fully saturated rings. The van der Waals surface area contributed by atoms with Crippen LogP contribution in [0.25, 0.3) is 16.9 Å². The number of halogens is 1. The normalized spacial score (nSPS) is 10.9. The van der Waals surface area contributed by atoms with E-state index in [1.54, 1.807) is 7.11 Å². The second kappa shape index (κ2) is 4.83. The second-order valence-corrected chi connectivity index (χ2v) is 5.48. The van der Waals surface area contributed by atoms with Crippen LogP contribution in [0.4, 0.5) is 5.82 Å². The lowest BCUT2D eigenvalue weighted by Crippen LogP contribution is -1.94. The Kier molecular flexibility index (Phi) is 3.14. The van der Waals surface area contributed by atoms with Crippen molar-refractivity contribution in [1.82, 2.24) is 9.38 Å². The Morgan fingerprint density at radius 3 is 2.75 bits per heavy atom. The Balaban J connectivity index is 2.19. The Hall–Kier alpha value is -2.01. The van der Waals surface area contributed by atoms with Gasteiger partial charge in [-0.2, -0.15) is 0 Å². The molecule has 4 nitrogen and oxygen atoms in total. The van der Waals surface area contributed by atoms with Gasteiger partial charge in [-0.3, -0.25) is 4.40 Å². The molecule has 0 aliphatic carbocycles. The minimum atomic E-state index is 0.636. The van der Waals surface area contributed by atoms with Gasteiger partial charge >= 0.3 is 0 Å². The van der Waals surface area contributed by atoms with Crippen LogP contribution >= 0.6 is 15.9 Å². The van der Waals surface area contributed by atoms with Gasteiger partial charge in [-0.05, 0) is 58.7 Å². The highest BCUT2D eigenvalue weighted by Gasteiger charge is 2.12. The van der Waals surface area contributed by atoms with Gasteiger partial charge < -0.3 is 10.5 Å². The first kappa shape index (κ1) is 13.0. The summed E-state index contributed by atoms with van der Waals surface area (Å²) in [5.74, 6) is 1.42. The number of hydrogen-bond donors (Lipinski definition) is 1. The minimum absolute atomic E-state index is 0.636. The highest BCUT2D eigenvalue weighted by atomic mass is 79.9. The van der Waals surface area contributed by atoms with Gasteiger partial charge in [0.25, 0.3) is 0 Å². The summed E-state index contributed by atoms with van der Waals surface area (Å²) in [5.41, 5.74) is 9.94. The summed E-state index contributed by atoms with van der Waals surface area (Å²) in [6.07, 6.45) is 1.94. The molecule has 0 saturated carbocycles. The number of aryl methyl sites for hydroxylation is 1. The Bertz CT molecular complexity index is 795. The lowest BCUT2D eigenvalue weighted by molar-refractivity contribution is 0.412. The van der Waals surface area contributed by atoms with Crippen LogP contribution in [-0.2, 0) is 0 Å². The number of methoxy groups -OCH3 is 1. The van der Waals surface area contributed by atoms with Crippen LogP contribution in [0, 0.1) is 6.92 Å². The number of hydrogen-bond acceptors (Lipinski definition) is 3. The van der Waals surface area contributed by atoms with Gasteiger partial charge in [-0.1, -0.05) is 0 Å². The summed E-state index contributed by atoms with van der Waals surface area (Å²) in [6.45, 7) is 2.04. The van der Waals surface area contributed by atoms with Crippen molar-refractivity contribution in [2.45, 2.75) is 6.92 Å². The minimum Gasteiger partial charge on any atom is -0.496 e. The highest BCUT2D eigenvalue weighted by Crippen LogP contribution is 2.33. The molecule has 2 heterocycles. The van der Waals surface area contributed by atoms with Crippen molar-refractivity contribution in [3.8, 4) is 17.0 Å². The molecule has 0 saturated heterocycles. The molecule has 0 unspecified atom stereocenters. The van der Waals surface area contributed by atoms with Crippen LogP contribution in [0.15, 0.2) is 41.0 Å². The van der Waals surface area contributed by atoms with E-state index in [-0.39, 0.29) is 0 Å². The number of anilines is 1. The number of fused-ring (bicyclic) bond motifs is 1. The average Bonchev–Trinajstić information content (AvgIpc) is 2.75. The van der Waals surface area contributed by atoms with Gasteiger partial charge in [-0.25, -0.2) is 4.98 Å². The summed E-state index contributed by atoms with van der Waals surface area (Å²) < 4.78 is 8.01. The predicted octanol–water partition coefficient (Wildman–Crippen LogP) is 3.66. The van der Waals surface area contributed by atoms with Gasteiger partial charge in [0.15, 0.2) is 0 Å². The number of pyridine rings is 1. The molecule has 3 aromatic rings. The molecule has 0 bridgehead atoms. The van der Waals surface area contributed by atoms with E-state index in [0.717, 1.165) is 32.7 Å². The van der Waals surface area contributed by atoms with Gasteiger partial charge in [0.2, 0.25) is 0 Å². The van der Waals surface area contributed by atoms with Crippen molar-refractivity contribution < 1.29 is 4.74 Å². The number of ether oxygens (including phenoxy) is 1. The van der Waals surface area contributed by atoms with Crippen molar-refractivity contribution in [2.75, 3.05) is 12.8 Å². The highest BCUT2D eigenvalue weighted by molar-refractivity contribution is 9.10. The van der Waals surface area contributed by atoms with E-state index in [0.29, 0.717) is 5.82 Å². The SMILES string of the molecule is COc1ccc(-c2nc3cc(C)ccn3c2N)cc1Br. The third kappa shape index (κ3) is 2.04. The van der Waals surface area contributed by atoms with E-state index in [1.165, 1.54) is 0 Å². The van der Waals surface area contributed by atoms with Crippen molar-refractivity contribution >= 4 is 27.4 Å².